The number of likely N-dealkylation sites (N-methyl/N-ethyl adjacent to an activating group) is 1. The number of nitrogens with zero attached hydrogens (tertiary/aromatic N) is 1. The minimum absolute atomic E-state index is 0.166. The molecule has 4 nitrogen and oxygen atoms in total. The molecule has 2 rings (SSSR count). The van der Waals surface area contributed by atoms with Crippen molar-refractivity contribution in [3.63, 3.8) is 0 Å². The maximum Gasteiger partial charge on any atom is 0.222 e. The first-order valence-electron chi connectivity index (χ1n) is 8.12. The van der Waals surface area contributed by atoms with Crippen LogP contribution in [0.1, 0.15) is 17.5 Å². The fraction of sp³-hybridized carbons (Fsp3) is 0.350. The molecule has 0 unspecified atom stereocenters. The van der Waals surface area contributed by atoms with E-state index in [1.807, 2.05) is 55.6 Å². The summed E-state index contributed by atoms with van der Waals surface area (Å²) in [6.07, 6.45) is 2.11. The van der Waals surface area contributed by atoms with E-state index in [-0.39, 0.29) is 5.91 Å². The molecule has 0 aliphatic carbocycles. The zero-order valence-corrected chi connectivity index (χ0v) is 14.6. The summed E-state index contributed by atoms with van der Waals surface area (Å²) in [6.45, 7) is 0.716. The molecular formula is C20H25NO3. The molecule has 0 bridgehead atoms. The molecule has 0 heterocycles. The molecule has 0 N–H and O–H groups in total. The van der Waals surface area contributed by atoms with Gasteiger partial charge in [-0.2, -0.15) is 0 Å². The average Bonchev–Trinajstić information content (AvgIpc) is 2.64. The van der Waals surface area contributed by atoms with Gasteiger partial charge in [0.25, 0.3) is 0 Å². The van der Waals surface area contributed by atoms with Crippen molar-refractivity contribution in [1.29, 1.82) is 0 Å². The lowest BCUT2D eigenvalue weighted by molar-refractivity contribution is -0.129. The Morgan fingerprint density at radius 3 is 1.75 bits per heavy atom. The van der Waals surface area contributed by atoms with E-state index in [0.29, 0.717) is 13.0 Å². The summed E-state index contributed by atoms with van der Waals surface area (Å²) in [7, 11) is 5.17. The van der Waals surface area contributed by atoms with E-state index in [0.717, 1.165) is 29.9 Å². The van der Waals surface area contributed by atoms with Gasteiger partial charge < -0.3 is 14.4 Å². The second-order valence-electron chi connectivity index (χ2n) is 5.76. The number of amides is 1. The van der Waals surface area contributed by atoms with Gasteiger partial charge in [-0.3, -0.25) is 4.79 Å². The molecule has 4 heteroatoms. The number of aryl methyl sites for hydroxylation is 1. The first-order chi connectivity index (χ1) is 11.6. The van der Waals surface area contributed by atoms with E-state index in [4.69, 9.17) is 9.47 Å². The molecule has 0 spiro atoms. The number of ether oxygens (including phenoxy) is 2. The largest absolute Gasteiger partial charge is 0.497 e. The van der Waals surface area contributed by atoms with Crippen LogP contribution in [0.5, 0.6) is 11.5 Å². The van der Waals surface area contributed by atoms with E-state index in [1.165, 1.54) is 5.56 Å². The standard InChI is InChI=1S/C20H25NO3/c1-21(15-14-17-6-11-19(24-3)12-7-17)20(22)13-8-16-4-9-18(23-2)10-5-16/h4-7,9-12H,8,13-15H2,1-3H3. The SMILES string of the molecule is COc1ccc(CCC(=O)N(C)CCc2ccc(OC)cc2)cc1. The van der Waals surface area contributed by atoms with Crippen molar-refractivity contribution >= 4 is 5.91 Å². The Hall–Kier alpha value is -2.49. The fourth-order valence-electron chi connectivity index (χ4n) is 2.45. The fourth-order valence-corrected chi connectivity index (χ4v) is 2.45. The Balaban J connectivity index is 1.76. The highest BCUT2D eigenvalue weighted by molar-refractivity contribution is 5.76. The minimum atomic E-state index is 0.166. The van der Waals surface area contributed by atoms with Crippen molar-refractivity contribution in [2.24, 2.45) is 0 Å². The molecule has 0 saturated carbocycles. The van der Waals surface area contributed by atoms with Gasteiger partial charge in [-0.05, 0) is 48.2 Å². The van der Waals surface area contributed by atoms with E-state index in [9.17, 15) is 4.79 Å². The van der Waals surface area contributed by atoms with Crippen molar-refractivity contribution in [2.75, 3.05) is 27.8 Å². The molecule has 0 radical (unpaired) electrons. The van der Waals surface area contributed by atoms with Crippen LogP contribution >= 0.6 is 0 Å². The smallest absolute Gasteiger partial charge is 0.222 e. The Bertz CT molecular complexity index is 635. The molecule has 2 aromatic rings. The second-order valence-corrected chi connectivity index (χ2v) is 5.76. The van der Waals surface area contributed by atoms with Crippen molar-refractivity contribution in [2.45, 2.75) is 19.3 Å². The van der Waals surface area contributed by atoms with Crippen LogP contribution in [-0.4, -0.2) is 38.6 Å². The minimum Gasteiger partial charge on any atom is -0.497 e. The van der Waals surface area contributed by atoms with Gasteiger partial charge in [0.05, 0.1) is 14.2 Å². The zero-order chi connectivity index (χ0) is 17.4. The molecule has 2 aromatic carbocycles. The summed E-state index contributed by atoms with van der Waals surface area (Å²) in [4.78, 5) is 14.0. The third kappa shape index (κ3) is 5.30. The summed E-state index contributed by atoms with van der Waals surface area (Å²) in [5.74, 6) is 1.85. The maximum atomic E-state index is 12.2. The highest BCUT2D eigenvalue weighted by Gasteiger charge is 2.09. The number of rotatable bonds is 8. The van der Waals surface area contributed by atoms with Crippen LogP contribution in [0.15, 0.2) is 48.5 Å². The number of hydrogen-bond donors (Lipinski definition) is 0. The van der Waals surface area contributed by atoms with Gasteiger partial charge in [-0.25, -0.2) is 0 Å². The molecule has 1 amide bonds. The van der Waals surface area contributed by atoms with Gasteiger partial charge in [-0.1, -0.05) is 24.3 Å². The van der Waals surface area contributed by atoms with Gasteiger partial charge >= 0.3 is 0 Å². The lowest BCUT2D eigenvalue weighted by Crippen LogP contribution is -2.29. The average molecular weight is 327 g/mol. The second kappa shape index (κ2) is 8.96. The third-order valence-corrected chi connectivity index (χ3v) is 4.11. The predicted molar refractivity (Wildman–Crippen MR) is 95.7 cm³/mol. The Labute approximate surface area is 144 Å². The number of methoxy groups -OCH3 is 2. The van der Waals surface area contributed by atoms with E-state index in [2.05, 4.69) is 0 Å². The summed E-state index contributed by atoms with van der Waals surface area (Å²) in [5, 5.41) is 0. The van der Waals surface area contributed by atoms with Crippen LogP contribution in [-0.2, 0) is 17.6 Å². The number of benzene rings is 2. The zero-order valence-electron chi connectivity index (χ0n) is 14.6. The summed E-state index contributed by atoms with van der Waals surface area (Å²) < 4.78 is 10.3. The summed E-state index contributed by atoms with van der Waals surface area (Å²) >= 11 is 0. The lowest BCUT2D eigenvalue weighted by Gasteiger charge is -2.17. The van der Waals surface area contributed by atoms with Crippen LogP contribution in [0.25, 0.3) is 0 Å². The maximum absolute atomic E-state index is 12.2. The number of hydrogen-bond acceptors (Lipinski definition) is 3. The molecular weight excluding hydrogens is 302 g/mol. The van der Waals surface area contributed by atoms with Gasteiger partial charge in [0.15, 0.2) is 0 Å². The quantitative estimate of drug-likeness (QED) is 0.746. The molecule has 0 saturated heterocycles. The molecule has 0 fully saturated rings. The topological polar surface area (TPSA) is 38.8 Å². The van der Waals surface area contributed by atoms with Crippen molar-refractivity contribution in [3.8, 4) is 11.5 Å². The van der Waals surface area contributed by atoms with Crippen LogP contribution in [0.2, 0.25) is 0 Å². The summed E-state index contributed by atoms with van der Waals surface area (Å²) in [5.41, 5.74) is 2.35. The van der Waals surface area contributed by atoms with Crippen LogP contribution in [0, 0.1) is 0 Å². The number of carbonyl (C=O) groups excluding carboxylic acids is 1. The number of carbonyl (C=O) groups is 1. The molecule has 0 aliphatic heterocycles. The normalized spacial score (nSPS) is 10.3. The molecule has 128 valence electrons. The Morgan fingerprint density at radius 1 is 0.833 bits per heavy atom. The highest BCUT2D eigenvalue weighted by Crippen LogP contribution is 2.14. The van der Waals surface area contributed by atoms with Gasteiger partial charge in [0, 0.05) is 20.0 Å². The third-order valence-electron chi connectivity index (χ3n) is 4.11. The Morgan fingerprint density at radius 2 is 1.29 bits per heavy atom. The molecule has 0 aromatic heterocycles. The van der Waals surface area contributed by atoms with E-state index < -0.39 is 0 Å². The van der Waals surface area contributed by atoms with Gasteiger partial charge in [-0.15, -0.1) is 0 Å². The van der Waals surface area contributed by atoms with Crippen molar-refractivity contribution < 1.29 is 14.3 Å². The van der Waals surface area contributed by atoms with Crippen molar-refractivity contribution in [3.05, 3.63) is 59.7 Å². The molecule has 24 heavy (non-hydrogen) atoms. The molecule has 0 aliphatic rings. The van der Waals surface area contributed by atoms with Gasteiger partial charge in [0.2, 0.25) is 5.91 Å². The van der Waals surface area contributed by atoms with E-state index in [1.54, 1.807) is 19.1 Å². The lowest BCUT2D eigenvalue weighted by atomic mass is 10.1. The van der Waals surface area contributed by atoms with Crippen molar-refractivity contribution in [1.82, 2.24) is 4.90 Å². The summed E-state index contributed by atoms with van der Waals surface area (Å²) in [6, 6.07) is 15.8. The molecule has 0 atom stereocenters. The Kier molecular flexibility index (Phi) is 6.67. The monoisotopic (exact) mass is 327 g/mol. The van der Waals surface area contributed by atoms with Crippen LogP contribution in [0.4, 0.5) is 0 Å². The first kappa shape index (κ1) is 17.9. The van der Waals surface area contributed by atoms with E-state index >= 15 is 0 Å². The van der Waals surface area contributed by atoms with Gasteiger partial charge in [0.1, 0.15) is 11.5 Å². The van der Waals surface area contributed by atoms with Crippen LogP contribution < -0.4 is 9.47 Å². The highest BCUT2D eigenvalue weighted by atomic mass is 16.5. The van der Waals surface area contributed by atoms with Crippen LogP contribution in [0.3, 0.4) is 0 Å². The first-order valence-corrected chi connectivity index (χ1v) is 8.12. The predicted octanol–water partition coefficient (Wildman–Crippen LogP) is 3.34.